The van der Waals surface area contributed by atoms with Crippen molar-refractivity contribution in [1.82, 2.24) is 0 Å². The van der Waals surface area contributed by atoms with Gasteiger partial charge in [0.2, 0.25) is 0 Å². The summed E-state index contributed by atoms with van der Waals surface area (Å²) < 4.78 is 12.9. The Hall–Kier alpha value is 0.260. The van der Waals surface area contributed by atoms with Crippen molar-refractivity contribution in [3.8, 4) is 0 Å². The van der Waals surface area contributed by atoms with E-state index in [0.717, 1.165) is 0 Å². The van der Waals surface area contributed by atoms with Gasteiger partial charge in [-0.25, -0.2) is 4.39 Å². The number of halogens is 4. The van der Waals surface area contributed by atoms with Gasteiger partial charge < -0.3 is 0 Å². The SMILES string of the molecule is O=C(c1cc(F)ccc1Br)C(Br)Br. The normalized spacial score (nSPS) is 10.5. The second-order valence-corrected chi connectivity index (χ2v) is 6.20. The number of alkyl halides is 2. The maximum atomic E-state index is 12.8. The molecule has 70 valence electrons. The molecule has 0 unspecified atom stereocenters. The van der Waals surface area contributed by atoms with E-state index in [1.807, 2.05) is 0 Å². The molecule has 1 rings (SSSR count). The fraction of sp³-hybridized carbons (Fsp3) is 0.125. The topological polar surface area (TPSA) is 17.1 Å². The standard InChI is InChI=1S/C8H4Br3FO/c9-6-2-1-4(12)3-5(6)7(13)8(10)11/h1-3,8H. The van der Waals surface area contributed by atoms with Crippen molar-refractivity contribution in [2.75, 3.05) is 0 Å². The van der Waals surface area contributed by atoms with E-state index in [4.69, 9.17) is 0 Å². The Morgan fingerprint density at radius 1 is 1.38 bits per heavy atom. The fourth-order valence-corrected chi connectivity index (χ4v) is 1.74. The first-order valence-electron chi connectivity index (χ1n) is 3.30. The van der Waals surface area contributed by atoms with Crippen LogP contribution < -0.4 is 0 Å². The van der Waals surface area contributed by atoms with E-state index in [1.54, 1.807) is 0 Å². The van der Waals surface area contributed by atoms with Gasteiger partial charge >= 0.3 is 0 Å². The first-order valence-corrected chi connectivity index (χ1v) is 5.92. The highest BCUT2D eigenvalue weighted by Gasteiger charge is 2.16. The van der Waals surface area contributed by atoms with Crippen molar-refractivity contribution < 1.29 is 9.18 Å². The summed E-state index contributed by atoms with van der Waals surface area (Å²) in [6, 6.07) is 3.99. The van der Waals surface area contributed by atoms with Gasteiger partial charge in [0.25, 0.3) is 0 Å². The third-order valence-electron chi connectivity index (χ3n) is 1.39. The van der Waals surface area contributed by atoms with E-state index in [-0.39, 0.29) is 5.78 Å². The van der Waals surface area contributed by atoms with Gasteiger partial charge in [-0.15, -0.1) is 0 Å². The molecule has 0 aliphatic rings. The van der Waals surface area contributed by atoms with Gasteiger partial charge in [0, 0.05) is 10.0 Å². The second-order valence-electron chi connectivity index (χ2n) is 2.29. The molecule has 0 fully saturated rings. The van der Waals surface area contributed by atoms with Gasteiger partial charge in [-0.1, -0.05) is 47.8 Å². The lowest BCUT2D eigenvalue weighted by Crippen LogP contribution is -2.08. The minimum atomic E-state index is -0.488. The Kier molecular flexibility index (Phi) is 4.06. The molecule has 13 heavy (non-hydrogen) atoms. The van der Waals surface area contributed by atoms with Gasteiger partial charge in [-0.3, -0.25) is 4.79 Å². The summed E-state index contributed by atoms with van der Waals surface area (Å²) in [5.41, 5.74) is 0.318. The first-order chi connectivity index (χ1) is 6.02. The summed E-state index contributed by atoms with van der Waals surface area (Å²) in [7, 11) is 0. The van der Waals surface area contributed by atoms with E-state index in [2.05, 4.69) is 47.8 Å². The number of carbonyl (C=O) groups is 1. The van der Waals surface area contributed by atoms with E-state index in [9.17, 15) is 9.18 Å². The molecule has 1 aromatic rings. The number of ketones is 1. The summed E-state index contributed by atoms with van der Waals surface area (Å²) in [6.45, 7) is 0. The molecule has 0 saturated carbocycles. The van der Waals surface area contributed by atoms with E-state index in [1.165, 1.54) is 18.2 Å². The van der Waals surface area contributed by atoms with E-state index >= 15 is 0 Å². The van der Waals surface area contributed by atoms with Crippen LogP contribution in [0.15, 0.2) is 22.7 Å². The maximum absolute atomic E-state index is 12.8. The summed E-state index contributed by atoms with van der Waals surface area (Å²) in [4.78, 5) is 11.4. The average molecular weight is 375 g/mol. The molecule has 0 heterocycles. The Bertz CT molecular complexity index is 338. The number of rotatable bonds is 2. The lowest BCUT2D eigenvalue weighted by atomic mass is 10.1. The molecule has 0 radical (unpaired) electrons. The molecule has 1 nitrogen and oxygen atoms in total. The van der Waals surface area contributed by atoms with Crippen LogP contribution in [0.2, 0.25) is 0 Å². The Balaban J connectivity index is 3.13. The largest absolute Gasteiger partial charge is 0.292 e. The van der Waals surface area contributed by atoms with Crippen molar-refractivity contribution >= 4 is 53.6 Å². The zero-order valence-corrected chi connectivity index (χ0v) is 11.0. The van der Waals surface area contributed by atoms with E-state index in [0.29, 0.717) is 10.0 Å². The molecule has 0 aromatic heterocycles. The predicted octanol–water partition coefficient (Wildman–Crippen LogP) is 3.89. The summed E-state index contributed by atoms with van der Waals surface area (Å²) >= 11 is 9.29. The zero-order chi connectivity index (χ0) is 10.0. The molecular weight excluding hydrogens is 371 g/mol. The van der Waals surface area contributed by atoms with Crippen molar-refractivity contribution in [2.24, 2.45) is 0 Å². The van der Waals surface area contributed by atoms with Crippen LogP contribution in [0.25, 0.3) is 0 Å². The summed E-state index contributed by atoms with van der Waals surface area (Å²) in [5, 5.41) is 0. The van der Waals surface area contributed by atoms with Crippen LogP contribution in [0.4, 0.5) is 4.39 Å². The van der Waals surface area contributed by atoms with Gasteiger partial charge in [0.15, 0.2) is 5.78 Å². The highest BCUT2D eigenvalue weighted by atomic mass is 79.9. The molecule has 0 aliphatic carbocycles. The van der Waals surface area contributed by atoms with Gasteiger partial charge in [-0.05, 0) is 18.2 Å². The van der Waals surface area contributed by atoms with E-state index < -0.39 is 9.55 Å². The highest BCUT2D eigenvalue weighted by molar-refractivity contribution is 9.25. The molecule has 0 amide bonds. The molecule has 0 N–H and O–H groups in total. The summed E-state index contributed by atoms with van der Waals surface area (Å²) in [5.74, 6) is -0.640. The third-order valence-corrected chi connectivity index (χ3v) is 2.92. The second kappa shape index (κ2) is 4.66. The fourth-order valence-electron chi connectivity index (χ4n) is 0.804. The lowest BCUT2D eigenvalue weighted by Gasteiger charge is -2.03. The van der Waals surface area contributed by atoms with Crippen LogP contribution in [-0.2, 0) is 0 Å². The Morgan fingerprint density at radius 3 is 2.54 bits per heavy atom. The van der Waals surface area contributed by atoms with Crippen LogP contribution in [0.1, 0.15) is 10.4 Å². The molecule has 0 spiro atoms. The van der Waals surface area contributed by atoms with Crippen molar-refractivity contribution in [3.05, 3.63) is 34.1 Å². The summed E-state index contributed by atoms with van der Waals surface area (Å²) in [6.07, 6.45) is 0. The van der Waals surface area contributed by atoms with Crippen molar-refractivity contribution in [2.45, 2.75) is 3.74 Å². The number of Topliss-reactive ketones (excluding diaryl/α,β-unsaturated/α-hetero) is 1. The van der Waals surface area contributed by atoms with Gasteiger partial charge in [0.05, 0.1) is 0 Å². The minimum absolute atomic E-state index is 0.216. The lowest BCUT2D eigenvalue weighted by molar-refractivity contribution is 0.101. The average Bonchev–Trinajstić information content (AvgIpc) is 2.08. The van der Waals surface area contributed by atoms with Crippen LogP contribution >= 0.6 is 47.8 Å². The van der Waals surface area contributed by atoms with Crippen molar-refractivity contribution in [3.63, 3.8) is 0 Å². The molecule has 0 bridgehead atoms. The van der Waals surface area contributed by atoms with Crippen molar-refractivity contribution in [1.29, 1.82) is 0 Å². The third kappa shape index (κ3) is 2.86. The predicted molar refractivity (Wildman–Crippen MR) is 60.1 cm³/mol. The smallest absolute Gasteiger partial charge is 0.188 e. The van der Waals surface area contributed by atoms with Crippen LogP contribution in [0, 0.1) is 5.82 Å². The number of hydrogen-bond acceptors (Lipinski definition) is 1. The number of benzene rings is 1. The molecule has 0 saturated heterocycles. The highest BCUT2D eigenvalue weighted by Crippen LogP contribution is 2.23. The van der Waals surface area contributed by atoms with Gasteiger partial charge in [0.1, 0.15) is 9.55 Å². The molecular formula is C8H4Br3FO. The molecule has 0 atom stereocenters. The Morgan fingerprint density at radius 2 is 2.00 bits per heavy atom. The number of hydrogen-bond donors (Lipinski definition) is 0. The van der Waals surface area contributed by atoms with Crippen LogP contribution in [-0.4, -0.2) is 9.52 Å². The van der Waals surface area contributed by atoms with Crippen LogP contribution in [0.5, 0.6) is 0 Å². The van der Waals surface area contributed by atoms with Crippen LogP contribution in [0.3, 0.4) is 0 Å². The molecule has 0 aliphatic heterocycles. The number of carbonyl (C=O) groups excluding carboxylic acids is 1. The van der Waals surface area contributed by atoms with Gasteiger partial charge in [-0.2, -0.15) is 0 Å². The quantitative estimate of drug-likeness (QED) is 0.567. The first kappa shape index (κ1) is 11.3. The Labute approximate surface area is 100 Å². The molecule has 5 heteroatoms. The minimum Gasteiger partial charge on any atom is -0.292 e. The zero-order valence-electron chi connectivity index (χ0n) is 6.23. The monoisotopic (exact) mass is 372 g/mol. The maximum Gasteiger partial charge on any atom is 0.188 e. The molecule has 1 aromatic carbocycles.